The van der Waals surface area contributed by atoms with Crippen LogP contribution in [0.5, 0.6) is 0 Å². The third-order valence-electron chi connectivity index (χ3n) is 3.59. The van der Waals surface area contributed by atoms with Crippen molar-refractivity contribution in [1.29, 1.82) is 0 Å². The summed E-state index contributed by atoms with van der Waals surface area (Å²) in [5, 5.41) is 13.1. The smallest absolute Gasteiger partial charge is 0.274 e. The second-order valence-electron chi connectivity index (χ2n) is 4.93. The molecule has 21 heavy (non-hydrogen) atoms. The summed E-state index contributed by atoms with van der Waals surface area (Å²) < 4.78 is 1.81. The number of imidazole rings is 1. The van der Waals surface area contributed by atoms with E-state index in [0.717, 1.165) is 33.8 Å². The summed E-state index contributed by atoms with van der Waals surface area (Å²) in [5.41, 5.74) is 6.33. The highest BCUT2D eigenvalue weighted by atomic mass is 16.5. The number of rotatable bonds is 2. The predicted octanol–water partition coefficient (Wildman–Crippen LogP) is 1.70. The van der Waals surface area contributed by atoms with Crippen LogP contribution >= 0.6 is 0 Å². The lowest BCUT2D eigenvalue weighted by atomic mass is 10.2. The fourth-order valence-corrected chi connectivity index (χ4v) is 2.45. The molecule has 108 valence electrons. The lowest BCUT2D eigenvalue weighted by molar-refractivity contribution is 0.0706. The Morgan fingerprint density at radius 2 is 2.14 bits per heavy atom. The van der Waals surface area contributed by atoms with Gasteiger partial charge in [-0.2, -0.15) is 5.10 Å². The highest BCUT2D eigenvalue weighted by molar-refractivity contribution is 5.97. The van der Waals surface area contributed by atoms with E-state index in [1.807, 2.05) is 25.6 Å². The first-order chi connectivity index (χ1) is 10.0. The number of carbonyl (C=O) groups is 1. The van der Waals surface area contributed by atoms with Crippen LogP contribution in [0.3, 0.4) is 0 Å². The Morgan fingerprint density at radius 1 is 1.38 bits per heavy atom. The van der Waals surface area contributed by atoms with Crippen molar-refractivity contribution < 1.29 is 10.0 Å². The Hall–Kier alpha value is -2.67. The van der Waals surface area contributed by atoms with Gasteiger partial charge in [-0.1, -0.05) is 0 Å². The molecule has 0 aliphatic carbocycles. The lowest BCUT2D eigenvalue weighted by Gasteiger charge is -1.97. The molecule has 3 aromatic rings. The van der Waals surface area contributed by atoms with E-state index in [1.54, 1.807) is 23.7 Å². The molecule has 0 bridgehead atoms. The van der Waals surface area contributed by atoms with Crippen LogP contribution in [0.25, 0.3) is 22.4 Å². The van der Waals surface area contributed by atoms with Gasteiger partial charge in [0.15, 0.2) is 0 Å². The number of H-pyrrole nitrogens is 1. The Morgan fingerprint density at radius 3 is 2.76 bits per heavy atom. The topological polar surface area (TPSA) is 95.8 Å². The van der Waals surface area contributed by atoms with Crippen LogP contribution in [-0.4, -0.2) is 30.9 Å². The summed E-state index contributed by atoms with van der Waals surface area (Å²) in [6.07, 6.45) is 0. The number of hydrogen-bond donors (Lipinski definition) is 3. The maximum absolute atomic E-state index is 11.4. The SMILES string of the molecule is Cc1nn(C)c(C)c1-c1nc2ccc(C(=O)NO)cc2[nH]1. The molecule has 0 saturated carbocycles. The fourth-order valence-electron chi connectivity index (χ4n) is 2.45. The molecule has 3 N–H and O–H groups in total. The number of hydrogen-bond acceptors (Lipinski definition) is 4. The number of hydroxylamine groups is 1. The normalized spacial score (nSPS) is 11.0. The molecule has 0 aliphatic rings. The maximum Gasteiger partial charge on any atom is 0.274 e. The molecule has 1 amide bonds. The van der Waals surface area contributed by atoms with Gasteiger partial charge < -0.3 is 4.98 Å². The Labute approximate surface area is 120 Å². The van der Waals surface area contributed by atoms with Gasteiger partial charge in [0.1, 0.15) is 5.82 Å². The number of nitrogens with zero attached hydrogens (tertiary/aromatic N) is 3. The van der Waals surface area contributed by atoms with E-state index in [9.17, 15) is 4.79 Å². The van der Waals surface area contributed by atoms with Gasteiger partial charge in [0.25, 0.3) is 5.91 Å². The lowest BCUT2D eigenvalue weighted by Crippen LogP contribution is -2.18. The zero-order chi connectivity index (χ0) is 15.1. The Bertz CT molecular complexity index is 847. The van der Waals surface area contributed by atoms with Gasteiger partial charge in [0, 0.05) is 18.3 Å². The first kappa shape index (κ1) is 13.3. The molecule has 1 aromatic carbocycles. The van der Waals surface area contributed by atoms with Gasteiger partial charge in [-0.3, -0.25) is 14.7 Å². The van der Waals surface area contributed by atoms with Crippen molar-refractivity contribution in [3.8, 4) is 11.4 Å². The highest BCUT2D eigenvalue weighted by Crippen LogP contribution is 2.26. The number of aromatic amines is 1. The first-order valence-corrected chi connectivity index (χ1v) is 6.46. The first-order valence-electron chi connectivity index (χ1n) is 6.46. The zero-order valence-corrected chi connectivity index (χ0v) is 11.9. The van der Waals surface area contributed by atoms with Crippen LogP contribution in [-0.2, 0) is 7.05 Å². The average Bonchev–Trinajstić information content (AvgIpc) is 2.98. The number of nitrogens with one attached hydrogen (secondary N) is 2. The number of fused-ring (bicyclic) bond motifs is 1. The molecular formula is C14H15N5O2. The van der Waals surface area contributed by atoms with E-state index in [1.165, 1.54) is 0 Å². The third kappa shape index (κ3) is 2.07. The van der Waals surface area contributed by atoms with E-state index in [0.29, 0.717) is 5.56 Å². The molecule has 0 radical (unpaired) electrons. The quantitative estimate of drug-likeness (QED) is 0.493. The van der Waals surface area contributed by atoms with Crippen molar-refractivity contribution in [2.45, 2.75) is 13.8 Å². The monoisotopic (exact) mass is 285 g/mol. The molecule has 0 fully saturated rings. The molecule has 0 saturated heterocycles. The molecule has 7 heteroatoms. The average molecular weight is 285 g/mol. The van der Waals surface area contributed by atoms with Crippen molar-refractivity contribution >= 4 is 16.9 Å². The molecule has 7 nitrogen and oxygen atoms in total. The number of aromatic nitrogens is 4. The van der Waals surface area contributed by atoms with Crippen molar-refractivity contribution in [3.05, 3.63) is 35.2 Å². The summed E-state index contributed by atoms with van der Waals surface area (Å²) >= 11 is 0. The van der Waals surface area contributed by atoms with Gasteiger partial charge in [0.2, 0.25) is 0 Å². The Kier molecular flexibility index (Phi) is 2.99. The van der Waals surface area contributed by atoms with Crippen LogP contribution < -0.4 is 5.48 Å². The second-order valence-corrected chi connectivity index (χ2v) is 4.93. The highest BCUT2D eigenvalue weighted by Gasteiger charge is 2.16. The predicted molar refractivity (Wildman–Crippen MR) is 77.0 cm³/mol. The summed E-state index contributed by atoms with van der Waals surface area (Å²) in [6.45, 7) is 3.91. The molecule has 3 rings (SSSR count). The zero-order valence-electron chi connectivity index (χ0n) is 11.9. The molecule has 0 unspecified atom stereocenters. The van der Waals surface area contributed by atoms with Crippen molar-refractivity contribution in [1.82, 2.24) is 25.2 Å². The molecule has 0 spiro atoms. The van der Waals surface area contributed by atoms with Crippen LogP contribution in [0.4, 0.5) is 0 Å². The molecular weight excluding hydrogens is 270 g/mol. The van der Waals surface area contributed by atoms with Crippen LogP contribution in [0.2, 0.25) is 0 Å². The summed E-state index contributed by atoms with van der Waals surface area (Å²) in [7, 11) is 1.89. The van der Waals surface area contributed by atoms with E-state index in [-0.39, 0.29) is 0 Å². The molecule has 2 heterocycles. The van der Waals surface area contributed by atoms with Gasteiger partial charge in [-0.05, 0) is 32.0 Å². The van der Waals surface area contributed by atoms with E-state index in [2.05, 4.69) is 15.1 Å². The minimum atomic E-state index is -0.554. The molecule has 2 aromatic heterocycles. The van der Waals surface area contributed by atoms with E-state index < -0.39 is 5.91 Å². The Balaban J connectivity index is 2.15. The molecule has 0 aliphatic heterocycles. The van der Waals surface area contributed by atoms with Gasteiger partial charge in [-0.25, -0.2) is 10.5 Å². The fraction of sp³-hybridized carbons (Fsp3) is 0.214. The van der Waals surface area contributed by atoms with Crippen LogP contribution in [0.15, 0.2) is 18.2 Å². The molecule has 0 atom stereocenters. The third-order valence-corrected chi connectivity index (χ3v) is 3.59. The van der Waals surface area contributed by atoms with Crippen LogP contribution in [0.1, 0.15) is 21.7 Å². The second kappa shape index (κ2) is 4.71. The number of amides is 1. The van der Waals surface area contributed by atoms with Crippen molar-refractivity contribution in [2.24, 2.45) is 7.05 Å². The number of carbonyl (C=O) groups excluding carboxylic acids is 1. The summed E-state index contributed by atoms with van der Waals surface area (Å²) in [4.78, 5) is 19.2. The van der Waals surface area contributed by atoms with Crippen molar-refractivity contribution in [3.63, 3.8) is 0 Å². The summed E-state index contributed by atoms with van der Waals surface area (Å²) in [5.74, 6) is 0.163. The maximum atomic E-state index is 11.4. The standard InChI is InChI=1S/C14H15N5O2/c1-7-12(8(2)19(3)17-7)13-15-10-5-4-9(14(20)18-21)6-11(10)16-13/h4-6,21H,1-3H3,(H,15,16)(H,18,20). The minimum Gasteiger partial charge on any atom is -0.338 e. The van der Waals surface area contributed by atoms with Gasteiger partial charge in [0.05, 0.1) is 22.3 Å². The van der Waals surface area contributed by atoms with Gasteiger partial charge in [-0.15, -0.1) is 0 Å². The van der Waals surface area contributed by atoms with Crippen LogP contribution in [0, 0.1) is 13.8 Å². The number of aryl methyl sites for hydroxylation is 2. The summed E-state index contributed by atoms with van der Waals surface area (Å²) in [6, 6.07) is 5.00. The van der Waals surface area contributed by atoms with Crippen molar-refractivity contribution in [2.75, 3.05) is 0 Å². The largest absolute Gasteiger partial charge is 0.338 e. The van der Waals surface area contributed by atoms with E-state index in [4.69, 9.17) is 5.21 Å². The van der Waals surface area contributed by atoms with Gasteiger partial charge >= 0.3 is 0 Å². The van der Waals surface area contributed by atoms with E-state index >= 15 is 0 Å². The minimum absolute atomic E-state index is 0.361. The number of benzene rings is 1.